The van der Waals surface area contributed by atoms with Crippen LogP contribution in [0.15, 0.2) is 41.9 Å². The second-order valence-corrected chi connectivity index (χ2v) is 5.77. The fraction of sp³-hybridized carbons (Fsp3) is 0.400. The van der Waals surface area contributed by atoms with E-state index in [2.05, 4.69) is 19.9 Å². The second-order valence-electron chi connectivity index (χ2n) is 4.94. The molecule has 110 valence electrons. The third-order valence-electron chi connectivity index (χ3n) is 3.51. The van der Waals surface area contributed by atoms with Gasteiger partial charge in [0.2, 0.25) is 0 Å². The molecule has 5 nitrogen and oxygen atoms in total. The van der Waals surface area contributed by atoms with Crippen molar-refractivity contribution in [2.75, 3.05) is 24.2 Å². The molecule has 2 aromatic rings. The number of thioether (sulfide) groups is 1. The molecule has 1 aliphatic rings. The van der Waals surface area contributed by atoms with E-state index in [1.807, 2.05) is 24.6 Å². The Kier molecular flexibility index (Phi) is 4.67. The van der Waals surface area contributed by atoms with Crippen molar-refractivity contribution in [1.82, 2.24) is 15.0 Å². The topological polar surface area (TPSA) is 51.1 Å². The first-order valence-corrected chi connectivity index (χ1v) is 8.19. The lowest BCUT2D eigenvalue weighted by atomic mass is 10.3. The molecular weight excluding hydrogens is 284 g/mol. The van der Waals surface area contributed by atoms with Crippen molar-refractivity contribution in [1.29, 1.82) is 0 Å². The van der Waals surface area contributed by atoms with Gasteiger partial charge >= 0.3 is 0 Å². The third kappa shape index (κ3) is 3.71. The molecule has 0 aliphatic carbocycles. The highest BCUT2D eigenvalue weighted by Gasteiger charge is 2.24. The third-order valence-corrected chi connectivity index (χ3v) is 4.13. The first kappa shape index (κ1) is 14.3. The van der Waals surface area contributed by atoms with E-state index < -0.39 is 0 Å². The largest absolute Gasteiger partial charge is 0.372 e. The molecule has 3 heterocycles. The van der Waals surface area contributed by atoms with E-state index >= 15 is 0 Å². The summed E-state index contributed by atoms with van der Waals surface area (Å²) in [5.41, 5.74) is 1.16. The van der Waals surface area contributed by atoms with Gasteiger partial charge in [0.1, 0.15) is 10.8 Å². The van der Waals surface area contributed by atoms with E-state index in [4.69, 9.17) is 4.74 Å². The minimum Gasteiger partial charge on any atom is -0.372 e. The summed E-state index contributed by atoms with van der Waals surface area (Å²) in [6.45, 7) is 2.47. The van der Waals surface area contributed by atoms with Gasteiger partial charge in [0, 0.05) is 25.5 Å². The summed E-state index contributed by atoms with van der Waals surface area (Å²) < 4.78 is 5.97. The summed E-state index contributed by atoms with van der Waals surface area (Å²) in [5, 5.41) is 0.952. The Morgan fingerprint density at radius 1 is 1.29 bits per heavy atom. The zero-order chi connectivity index (χ0) is 14.5. The molecule has 0 unspecified atom stereocenters. The fourth-order valence-electron chi connectivity index (χ4n) is 2.35. The first-order chi connectivity index (χ1) is 10.3. The van der Waals surface area contributed by atoms with Gasteiger partial charge in [-0.3, -0.25) is 9.97 Å². The molecule has 0 bridgehead atoms. The van der Waals surface area contributed by atoms with Crippen molar-refractivity contribution in [3.63, 3.8) is 0 Å². The molecule has 0 N–H and O–H groups in total. The Morgan fingerprint density at radius 3 is 2.95 bits per heavy atom. The minimum atomic E-state index is 0.248. The number of nitrogens with zero attached hydrogens (tertiary/aromatic N) is 4. The van der Waals surface area contributed by atoms with Gasteiger partial charge in [-0.15, -0.1) is 11.8 Å². The molecule has 6 heteroatoms. The van der Waals surface area contributed by atoms with E-state index in [0.29, 0.717) is 6.61 Å². The smallest absolute Gasteiger partial charge is 0.148 e. The van der Waals surface area contributed by atoms with Gasteiger partial charge in [0.15, 0.2) is 0 Å². The predicted octanol–water partition coefficient (Wildman–Crippen LogP) is 2.39. The summed E-state index contributed by atoms with van der Waals surface area (Å²) >= 11 is 1.61. The summed E-state index contributed by atoms with van der Waals surface area (Å²) in [6, 6.07) is 3.97. The number of anilines is 1. The molecule has 3 rings (SSSR count). The van der Waals surface area contributed by atoms with Crippen molar-refractivity contribution in [2.24, 2.45) is 0 Å². The average Bonchev–Trinajstić information content (AvgIpc) is 3.03. The quantitative estimate of drug-likeness (QED) is 0.791. The lowest BCUT2D eigenvalue weighted by molar-refractivity contribution is 0.0553. The normalized spacial score (nSPS) is 18.1. The molecular formula is C15H18N4OS. The predicted molar refractivity (Wildman–Crippen MR) is 83.5 cm³/mol. The molecule has 1 aliphatic heterocycles. The number of hydrogen-bond acceptors (Lipinski definition) is 6. The van der Waals surface area contributed by atoms with Crippen molar-refractivity contribution in [2.45, 2.75) is 24.2 Å². The second kappa shape index (κ2) is 6.87. The van der Waals surface area contributed by atoms with Crippen LogP contribution in [0.1, 0.15) is 12.0 Å². The highest BCUT2D eigenvalue weighted by molar-refractivity contribution is 7.98. The molecule has 0 radical (unpaired) electrons. The van der Waals surface area contributed by atoms with Crippen molar-refractivity contribution >= 4 is 17.6 Å². The molecule has 0 amide bonds. The number of pyridine rings is 1. The van der Waals surface area contributed by atoms with E-state index in [9.17, 15) is 0 Å². The van der Waals surface area contributed by atoms with Crippen LogP contribution in [0, 0.1) is 0 Å². The van der Waals surface area contributed by atoms with E-state index in [1.54, 1.807) is 30.4 Å². The maximum Gasteiger partial charge on any atom is 0.148 e. The molecule has 0 aromatic carbocycles. The van der Waals surface area contributed by atoms with Gasteiger partial charge in [-0.25, -0.2) is 4.98 Å². The molecule has 2 aromatic heterocycles. The Balaban J connectivity index is 1.55. The highest BCUT2D eigenvalue weighted by Crippen LogP contribution is 2.22. The summed E-state index contributed by atoms with van der Waals surface area (Å²) in [6.07, 6.45) is 10.5. The summed E-state index contributed by atoms with van der Waals surface area (Å²) in [4.78, 5) is 15.1. The lowest BCUT2D eigenvalue weighted by Crippen LogP contribution is -2.23. The zero-order valence-electron chi connectivity index (χ0n) is 12.0. The minimum absolute atomic E-state index is 0.248. The van der Waals surface area contributed by atoms with Crippen LogP contribution in [-0.2, 0) is 11.3 Å². The summed E-state index contributed by atoms with van der Waals surface area (Å²) in [7, 11) is 0. The van der Waals surface area contributed by atoms with E-state index in [1.165, 1.54) is 0 Å². The molecule has 1 saturated heterocycles. The fourth-order valence-corrected chi connectivity index (χ4v) is 2.71. The van der Waals surface area contributed by atoms with Crippen LogP contribution in [-0.4, -0.2) is 40.4 Å². The van der Waals surface area contributed by atoms with Crippen LogP contribution in [0.4, 0.5) is 5.82 Å². The van der Waals surface area contributed by atoms with Crippen LogP contribution in [0.25, 0.3) is 0 Å². The van der Waals surface area contributed by atoms with Crippen LogP contribution in [0.5, 0.6) is 0 Å². The molecule has 0 spiro atoms. The Hall–Kier alpha value is -1.66. The average molecular weight is 302 g/mol. The number of rotatable bonds is 5. The first-order valence-electron chi connectivity index (χ1n) is 6.96. The molecule has 0 saturated carbocycles. The van der Waals surface area contributed by atoms with Gasteiger partial charge < -0.3 is 9.64 Å². The Bertz CT molecular complexity index is 581. The highest BCUT2D eigenvalue weighted by atomic mass is 32.2. The summed E-state index contributed by atoms with van der Waals surface area (Å²) in [5.74, 6) is 0.942. The van der Waals surface area contributed by atoms with Crippen LogP contribution in [0.3, 0.4) is 0 Å². The molecule has 1 fully saturated rings. The molecule has 1 atom stereocenters. The van der Waals surface area contributed by atoms with Crippen LogP contribution >= 0.6 is 11.8 Å². The maximum atomic E-state index is 5.97. The van der Waals surface area contributed by atoms with Crippen LogP contribution in [0.2, 0.25) is 0 Å². The van der Waals surface area contributed by atoms with Gasteiger partial charge in [0.25, 0.3) is 0 Å². The van der Waals surface area contributed by atoms with E-state index in [0.717, 1.165) is 35.9 Å². The maximum absolute atomic E-state index is 5.97. The SMILES string of the molecule is CSc1cncc(N2CC[C@H](OCc3ccncc3)C2)n1. The van der Waals surface area contributed by atoms with Gasteiger partial charge in [-0.1, -0.05) is 0 Å². The Labute approximate surface area is 128 Å². The van der Waals surface area contributed by atoms with Crippen molar-refractivity contribution in [3.8, 4) is 0 Å². The van der Waals surface area contributed by atoms with Gasteiger partial charge in [-0.05, 0) is 30.4 Å². The standard InChI is InChI=1S/C15H18N4OS/c1-21-15-9-17-8-14(18-15)19-7-4-13(10-19)20-11-12-2-5-16-6-3-12/h2-3,5-6,8-9,13H,4,7,10-11H2,1H3/t13-/m0/s1. The monoisotopic (exact) mass is 302 g/mol. The number of aromatic nitrogens is 3. The van der Waals surface area contributed by atoms with Crippen molar-refractivity contribution in [3.05, 3.63) is 42.5 Å². The van der Waals surface area contributed by atoms with E-state index in [-0.39, 0.29) is 6.10 Å². The van der Waals surface area contributed by atoms with Crippen molar-refractivity contribution < 1.29 is 4.74 Å². The number of ether oxygens (including phenoxy) is 1. The lowest BCUT2D eigenvalue weighted by Gasteiger charge is -2.17. The zero-order valence-corrected chi connectivity index (χ0v) is 12.8. The number of hydrogen-bond donors (Lipinski definition) is 0. The molecule has 21 heavy (non-hydrogen) atoms. The van der Waals surface area contributed by atoms with Gasteiger partial charge in [-0.2, -0.15) is 0 Å². The Morgan fingerprint density at radius 2 is 2.14 bits per heavy atom. The van der Waals surface area contributed by atoms with Gasteiger partial charge in [0.05, 0.1) is 25.1 Å². The van der Waals surface area contributed by atoms with Crippen LogP contribution < -0.4 is 4.90 Å².